The number of nitriles is 1. The summed E-state index contributed by atoms with van der Waals surface area (Å²) >= 11 is 1.63. The summed E-state index contributed by atoms with van der Waals surface area (Å²) in [4.78, 5) is 13.0. The van der Waals surface area contributed by atoms with Crippen molar-refractivity contribution in [1.82, 2.24) is 0 Å². The van der Waals surface area contributed by atoms with E-state index in [0.717, 1.165) is 5.75 Å². The zero-order chi connectivity index (χ0) is 7.82. The smallest absolute Gasteiger partial charge is 0.211 e. The zero-order valence-corrected chi connectivity index (χ0v) is 6.52. The second-order valence-electron chi connectivity index (χ2n) is 1.65. The van der Waals surface area contributed by atoms with Crippen LogP contribution in [0.15, 0.2) is 4.99 Å². The molecule has 0 aliphatic heterocycles. The Balaban J connectivity index is 3.63. The van der Waals surface area contributed by atoms with E-state index in [1.165, 1.54) is 6.08 Å². The lowest BCUT2D eigenvalue weighted by Crippen LogP contribution is -2.00. The lowest BCUT2D eigenvalue weighted by Gasteiger charge is -1.96. The summed E-state index contributed by atoms with van der Waals surface area (Å²) < 4.78 is 0. The summed E-state index contributed by atoms with van der Waals surface area (Å²) in [5.74, 6) is 0.851. The van der Waals surface area contributed by atoms with E-state index >= 15 is 0 Å². The van der Waals surface area contributed by atoms with E-state index in [0.29, 0.717) is 6.42 Å². The lowest BCUT2D eigenvalue weighted by molar-refractivity contribution is 0.560. The first-order valence-electron chi connectivity index (χ1n) is 2.80. The van der Waals surface area contributed by atoms with Crippen LogP contribution >= 0.6 is 11.8 Å². The van der Waals surface area contributed by atoms with Crippen molar-refractivity contribution in [3.8, 4) is 6.07 Å². The van der Waals surface area contributed by atoms with Gasteiger partial charge in [-0.05, 0) is 18.4 Å². The van der Waals surface area contributed by atoms with Gasteiger partial charge in [0.25, 0.3) is 0 Å². The molecule has 0 amide bonds. The second-order valence-corrected chi connectivity index (χ2v) is 2.63. The number of nitrogens with zero attached hydrogens (tertiary/aromatic N) is 2. The van der Waals surface area contributed by atoms with Gasteiger partial charge in [-0.15, -0.1) is 0 Å². The number of hydrogen-bond donors (Lipinski definition) is 0. The third kappa shape index (κ3) is 4.13. The van der Waals surface area contributed by atoms with E-state index in [4.69, 9.17) is 5.26 Å². The van der Waals surface area contributed by atoms with Crippen molar-refractivity contribution >= 4 is 17.8 Å². The number of thioether (sulfide) groups is 1. The average Bonchev–Trinajstić information content (AvgIpc) is 1.98. The topological polar surface area (TPSA) is 53.2 Å². The van der Waals surface area contributed by atoms with E-state index in [1.807, 2.05) is 12.3 Å². The first kappa shape index (κ1) is 9.22. The Labute approximate surface area is 64.1 Å². The number of carbonyl (C=O) groups excluding carboxylic acids is 1. The maximum Gasteiger partial charge on any atom is 0.236 e. The molecular weight excluding hydrogens is 148 g/mol. The molecular formula is C6H8N2OS. The summed E-state index contributed by atoms with van der Waals surface area (Å²) in [5, 5.41) is 8.35. The van der Waals surface area contributed by atoms with Crippen LogP contribution in [0.4, 0.5) is 0 Å². The van der Waals surface area contributed by atoms with Gasteiger partial charge in [-0.2, -0.15) is 22.0 Å². The van der Waals surface area contributed by atoms with Crippen LogP contribution in [0.3, 0.4) is 0 Å². The molecule has 0 aliphatic rings. The molecule has 0 N–H and O–H groups in total. The number of aliphatic imine (C=N–C) groups is 1. The van der Waals surface area contributed by atoms with Crippen molar-refractivity contribution in [1.29, 1.82) is 5.26 Å². The quantitative estimate of drug-likeness (QED) is 0.450. The van der Waals surface area contributed by atoms with Crippen LogP contribution in [0.1, 0.15) is 6.42 Å². The standard InChI is InChI=1S/C6H8N2OS/c1-10-3-2-6(4-7)8-5-9/h6H,2-3H2,1H3. The molecule has 3 nitrogen and oxygen atoms in total. The monoisotopic (exact) mass is 156 g/mol. The van der Waals surface area contributed by atoms with Gasteiger partial charge in [-0.3, -0.25) is 0 Å². The van der Waals surface area contributed by atoms with Crippen molar-refractivity contribution in [3.05, 3.63) is 0 Å². The molecule has 0 aromatic rings. The van der Waals surface area contributed by atoms with Crippen molar-refractivity contribution in [2.24, 2.45) is 4.99 Å². The minimum Gasteiger partial charge on any atom is -0.211 e. The third-order valence-electron chi connectivity index (χ3n) is 0.953. The molecule has 0 aromatic heterocycles. The minimum atomic E-state index is -0.495. The highest BCUT2D eigenvalue weighted by molar-refractivity contribution is 7.98. The predicted octanol–water partition coefficient (Wildman–Crippen LogP) is 0.967. The Bertz CT molecular complexity index is 169. The van der Waals surface area contributed by atoms with E-state index in [1.54, 1.807) is 11.8 Å². The van der Waals surface area contributed by atoms with E-state index in [2.05, 4.69) is 4.99 Å². The number of hydrogen-bond acceptors (Lipinski definition) is 4. The molecule has 0 heterocycles. The van der Waals surface area contributed by atoms with Crippen molar-refractivity contribution < 1.29 is 4.79 Å². The summed E-state index contributed by atoms with van der Waals surface area (Å²) in [6.45, 7) is 0. The average molecular weight is 156 g/mol. The SMILES string of the molecule is CSCCC(C#N)N=C=O. The second kappa shape index (κ2) is 6.34. The number of rotatable bonds is 4. The van der Waals surface area contributed by atoms with Crippen LogP contribution < -0.4 is 0 Å². The van der Waals surface area contributed by atoms with E-state index < -0.39 is 6.04 Å². The molecule has 0 aliphatic carbocycles. The molecule has 0 bridgehead atoms. The van der Waals surface area contributed by atoms with Gasteiger partial charge in [0, 0.05) is 0 Å². The molecule has 0 aromatic carbocycles. The fourth-order valence-electron chi connectivity index (χ4n) is 0.451. The van der Waals surface area contributed by atoms with Crippen LogP contribution in [-0.4, -0.2) is 24.1 Å². The maximum absolute atomic E-state index is 9.69. The number of isocyanates is 1. The van der Waals surface area contributed by atoms with Gasteiger partial charge >= 0.3 is 0 Å². The fourth-order valence-corrected chi connectivity index (χ4v) is 0.910. The molecule has 54 valence electrons. The Hall–Kier alpha value is -0.780. The van der Waals surface area contributed by atoms with Gasteiger partial charge in [0.15, 0.2) is 0 Å². The van der Waals surface area contributed by atoms with Crippen molar-refractivity contribution in [2.75, 3.05) is 12.0 Å². The lowest BCUT2D eigenvalue weighted by atomic mass is 10.3. The molecule has 0 fully saturated rings. The summed E-state index contributed by atoms with van der Waals surface area (Å²) in [6, 6.07) is 1.40. The first-order chi connectivity index (χ1) is 4.85. The van der Waals surface area contributed by atoms with Crippen LogP contribution in [0.25, 0.3) is 0 Å². The van der Waals surface area contributed by atoms with Crippen LogP contribution in [0, 0.1) is 11.3 Å². The zero-order valence-electron chi connectivity index (χ0n) is 5.70. The molecule has 1 unspecified atom stereocenters. The summed E-state index contributed by atoms with van der Waals surface area (Å²) in [7, 11) is 0. The normalized spacial score (nSPS) is 11.2. The van der Waals surface area contributed by atoms with Crippen molar-refractivity contribution in [2.45, 2.75) is 12.5 Å². The predicted molar refractivity (Wildman–Crippen MR) is 40.5 cm³/mol. The summed E-state index contributed by atoms with van der Waals surface area (Å²) in [5.41, 5.74) is 0. The van der Waals surface area contributed by atoms with Crippen LogP contribution in [-0.2, 0) is 4.79 Å². The van der Waals surface area contributed by atoms with Crippen LogP contribution in [0.5, 0.6) is 0 Å². The van der Waals surface area contributed by atoms with Gasteiger partial charge in [-0.1, -0.05) is 0 Å². The highest BCUT2D eigenvalue weighted by atomic mass is 32.2. The molecule has 0 rings (SSSR count). The van der Waals surface area contributed by atoms with Crippen LogP contribution in [0.2, 0.25) is 0 Å². The first-order valence-corrected chi connectivity index (χ1v) is 4.20. The molecule has 0 spiro atoms. The molecule has 1 atom stereocenters. The van der Waals surface area contributed by atoms with Gasteiger partial charge < -0.3 is 0 Å². The molecule has 10 heavy (non-hydrogen) atoms. The van der Waals surface area contributed by atoms with Gasteiger partial charge in [0.05, 0.1) is 6.07 Å². The maximum atomic E-state index is 9.69. The van der Waals surface area contributed by atoms with E-state index in [-0.39, 0.29) is 0 Å². The minimum absolute atomic E-state index is 0.495. The molecule has 0 saturated heterocycles. The van der Waals surface area contributed by atoms with E-state index in [9.17, 15) is 4.79 Å². The Morgan fingerprint density at radius 1 is 1.80 bits per heavy atom. The Kier molecular flexibility index (Phi) is 5.85. The Morgan fingerprint density at radius 3 is 2.90 bits per heavy atom. The van der Waals surface area contributed by atoms with Gasteiger partial charge in [-0.25, -0.2) is 4.79 Å². The molecule has 4 heteroatoms. The van der Waals surface area contributed by atoms with Gasteiger partial charge in [0.1, 0.15) is 6.04 Å². The highest BCUT2D eigenvalue weighted by Crippen LogP contribution is 2.01. The Morgan fingerprint density at radius 2 is 2.50 bits per heavy atom. The third-order valence-corrected chi connectivity index (χ3v) is 1.60. The summed E-state index contributed by atoms with van der Waals surface area (Å²) in [6.07, 6.45) is 3.95. The molecule has 0 saturated carbocycles. The fraction of sp³-hybridized carbons (Fsp3) is 0.667. The highest BCUT2D eigenvalue weighted by Gasteiger charge is 2.01. The van der Waals surface area contributed by atoms with Crippen molar-refractivity contribution in [3.63, 3.8) is 0 Å². The van der Waals surface area contributed by atoms with Gasteiger partial charge in [0.2, 0.25) is 6.08 Å². The molecule has 0 radical (unpaired) electrons. The largest absolute Gasteiger partial charge is 0.236 e.